The van der Waals surface area contributed by atoms with E-state index in [4.69, 9.17) is 11.6 Å². The van der Waals surface area contributed by atoms with Gasteiger partial charge < -0.3 is 10.6 Å². The lowest BCUT2D eigenvalue weighted by atomic mass is 10.2. The lowest BCUT2D eigenvalue weighted by Crippen LogP contribution is -2.30. The van der Waals surface area contributed by atoms with Crippen LogP contribution in [0.25, 0.3) is 5.69 Å². The lowest BCUT2D eigenvalue weighted by Gasteiger charge is -2.15. The molecule has 21 heavy (non-hydrogen) atoms. The molecule has 0 saturated carbocycles. The predicted octanol–water partition coefficient (Wildman–Crippen LogP) is 2.25. The Hall–Kier alpha value is -1.92. The van der Waals surface area contributed by atoms with Gasteiger partial charge in [-0.05, 0) is 25.6 Å². The van der Waals surface area contributed by atoms with E-state index in [1.807, 2.05) is 13.8 Å². The van der Waals surface area contributed by atoms with Crippen molar-refractivity contribution in [1.29, 1.82) is 0 Å². The van der Waals surface area contributed by atoms with E-state index in [2.05, 4.69) is 20.7 Å². The number of carbonyl (C=O) groups is 1. The van der Waals surface area contributed by atoms with Crippen molar-refractivity contribution >= 4 is 23.2 Å². The Labute approximate surface area is 128 Å². The van der Waals surface area contributed by atoms with Gasteiger partial charge in [-0.15, -0.1) is 0 Å². The van der Waals surface area contributed by atoms with E-state index in [1.165, 1.54) is 17.3 Å². The number of anilines is 1. The molecule has 1 amide bonds. The Balaban J connectivity index is 2.17. The van der Waals surface area contributed by atoms with Crippen LogP contribution in [0.2, 0.25) is 5.02 Å². The first-order valence-corrected chi connectivity index (χ1v) is 7.16. The third-order valence-corrected chi connectivity index (χ3v) is 3.26. The van der Waals surface area contributed by atoms with E-state index in [0.29, 0.717) is 22.8 Å². The van der Waals surface area contributed by atoms with Gasteiger partial charge in [0.25, 0.3) is 0 Å². The molecule has 1 aromatic carbocycles. The van der Waals surface area contributed by atoms with Crippen molar-refractivity contribution in [3.63, 3.8) is 0 Å². The van der Waals surface area contributed by atoms with Crippen LogP contribution >= 0.6 is 11.6 Å². The SMILES string of the molecule is CCNC(C)CC(=O)Nc1cccc(Cl)c1-n1cncn1. The van der Waals surface area contributed by atoms with E-state index in [1.54, 1.807) is 18.2 Å². The first-order valence-electron chi connectivity index (χ1n) is 6.78. The number of para-hydroxylation sites is 1. The lowest BCUT2D eigenvalue weighted by molar-refractivity contribution is -0.116. The second-order valence-electron chi connectivity index (χ2n) is 4.69. The highest BCUT2D eigenvalue weighted by molar-refractivity contribution is 6.33. The minimum Gasteiger partial charge on any atom is -0.324 e. The Kier molecular flexibility index (Phi) is 5.30. The summed E-state index contributed by atoms with van der Waals surface area (Å²) in [5, 5.41) is 10.6. The van der Waals surface area contributed by atoms with Gasteiger partial charge in [-0.1, -0.05) is 24.6 Å². The molecule has 0 aliphatic rings. The van der Waals surface area contributed by atoms with Crippen molar-refractivity contribution in [2.24, 2.45) is 0 Å². The number of carbonyl (C=O) groups excluding carboxylic acids is 1. The summed E-state index contributed by atoms with van der Waals surface area (Å²) < 4.78 is 1.53. The van der Waals surface area contributed by atoms with Crippen LogP contribution in [-0.4, -0.2) is 33.3 Å². The minimum atomic E-state index is -0.0768. The number of aromatic nitrogens is 3. The van der Waals surface area contributed by atoms with Crippen molar-refractivity contribution in [3.05, 3.63) is 35.9 Å². The quantitative estimate of drug-likeness (QED) is 0.858. The number of amides is 1. The van der Waals surface area contributed by atoms with Crippen molar-refractivity contribution in [2.75, 3.05) is 11.9 Å². The highest BCUT2D eigenvalue weighted by Crippen LogP contribution is 2.27. The Morgan fingerprint density at radius 1 is 1.48 bits per heavy atom. The number of nitrogens with zero attached hydrogens (tertiary/aromatic N) is 3. The van der Waals surface area contributed by atoms with Gasteiger partial charge in [0.1, 0.15) is 18.3 Å². The van der Waals surface area contributed by atoms with Gasteiger partial charge >= 0.3 is 0 Å². The van der Waals surface area contributed by atoms with E-state index >= 15 is 0 Å². The zero-order valence-corrected chi connectivity index (χ0v) is 12.8. The van der Waals surface area contributed by atoms with E-state index in [0.717, 1.165) is 6.54 Å². The zero-order chi connectivity index (χ0) is 15.2. The molecule has 0 aliphatic heterocycles. The standard InChI is InChI=1S/C14H18ClN5O/c1-3-17-10(2)7-13(21)19-12-6-4-5-11(15)14(12)20-9-16-8-18-20/h4-6,8-10,17H,3,7H2,1-2H3,(H,19,21). The summed E-state index contributed by atoms with van der Waals surface area (Å²) in [5.74, 6) is -0.0768. The van der Waals surface area contributed by atoms with E-state index in [9.17, 15) is 4.79 Å². The van der Waals surface area contributed by atoms with Crippen LogP contribution in [0.15, 0.2) is 30.9 Å². The summed E-state index contributed by atoms with van der Waals surface area (Å²) in [7, 11) is 0. The summed E-state index contributed by atoms with van der Waals surface area (Å²) in [6.07, 6.45) is 3.34. The van der Waals surface area contributed by atoms with Crippen molar-refractivity contribution in [1.82, 2.24) is 20.1 Å². The molecule has 2 rings (SSSR count). The maximum absolute atomic E-state index is 12.1. The molecular weight excluding hydrogens is 290 g/mol. The third-order valence-electron chi connectivity index (χ3n) is 2.95. The predicted molar refractivity (Wildman–Crippen MR) is 82.8 cm³/mol. The first-order chi connectivity index (χ1) is 10.1. The number of hydrogen-bond acceptors (Lipinski definition) is 4. The molecule has 0 radical (unpaired) electrons. The fourth-order valence-corrected chi connectivity index (χ4v) is 2.33. The molecule has 0 bridgehead atoms. The maximum atomic E-state index is 12.1. The number of rotatable bonds is 6. The molecular formula is C14H18ClN5O. The number of halogens is 1. The van der Waals surface area contributed by atoms with Gasteiger partial charge in [0.15, 0.2) is 0 Å². The van der Waals surface area contributed by atoms with Crippen molar-refractivity contribution in [3.8, 4) is 5.69 Å². The molecule has 0 aliphatic carbocycles. The molecule has 1 atom stereocenters. The molecule has 2 aromatic rings. The van der Waals surface area contributed by atoms with Crippen LogP contribution in [0.1, 0.15) is 20.3 Å². The second kappa shape index (κ2) is 7.19. The first kappa shape index (κ1) is 15.5. The van der Waals surface area contributed by atoms with Crippen LogP contribution in [0, 0.1) is 0 Å². The third kappa shape index (κ3) is 4.03. The molecule has 7 heteroatoms. The van der Waals surface area contributed by atoms with Crippen LogP contribution < -0.4 is 10.6 Å². The largest absolute Gasteiger partial charge is 0.324 e. The fraction of sp³-hybridized carbons (Fsp3) is 0.357. The Bertz CT molecular complexity index is 599. The highest BCUT2D eigenvalue weighted by Gasteiger charge is 2.14. The number of nitrogens with one attached hydrogen (secondary N) is 2. The smallest absolute Gasteiger partial charge is 0.225 e. The molecule has 1 aromatic heterocycles. The van der Waals surface area contributed by atoms with Crippen LogP contribution in [0.4, 0.5) is 5.69 Å². The minimum absolute atomic E-state index is 0.0768. The summed E-state index contributed by atoms with van der Waals surface area (Å²) in [4.78, 5) is 16.0. The maximum Gasteiger partial charge on any atom is 0.225 e. The van der Waals surface area contributed by atoms with Gasteiger partial charge in [0.05, 0.1) is 10.7 Å². The average Bonchev–Trinajstić information content (AvgIpc) is 2.92. The molecule has 1 unspecified atom stereocenters. The van der Waals surface area contributed by atoms with Crippen LogP contribution in [0.5, 0.6) is 0 Å². The monoisotopic (exact) mass is 307 g/mol. The van der Waals surface area contributed by atoms with Gasteiger partial charge in [0, 0.05) is 12.5 Å². The summed E-state index contributed by atoms with van der Waals surface area (Å²) in [5.41, 5.74) is 1.22. The highest BCUT2D eigenvalue weighted by atomic mass is 35.5. The van der Waals surface area contributed by atoms with Crippen molar-refractivity contribution in [2.45, 2.75) is 26.3 Å². The number of hydrogen-bond donors (Lipinski definition) is 2. The summed E-state index contributed by atoms with van der Waals surface area (Å²) >= 11 is 6.21. The Morgan fingerprint density at radius 2 is 2.29 bits per heavy atom. The van der Waals surface area contributed by atoms with Gasteiger partial charge in [-0.2, -0.15) is 5.10 Å². The van der Waals surface area contributed by atoms with Crippen LogP contribution in [-0.2, 0) is 4.79 Å². The molecule has 2 N–H and O–H groups in total. The molecule has 6 nitrogen and oxygen atoms in total. The molecule has 0 fully saturated rings. The second-order valence-corrected chi connectivity index (χ2v) is 5.09. The normalized spacial score (nSPS) is 12.1. The zero-order valence-electron chi connectivity index (χ0n) is 12.0. The summed E-state index contributed by atoms with van der Waals surface area (Å²) in [6.45, 7) is 4.81. The van der Waals surface area contributed by atoms with Crippen molar-refractivity contribution < 1.29 is 4.79 Å². The molecule has 0 saturated heterocycles. The molecule has 1 heterocycles. The van der Waals surface area contributed by atoms with E-state index < -0.39 is 0 Å². The van der Waals surface area contributed by atoms with Gasteiger partial charge in [0.2, 0.25) is 5.91 Å². The van der Waals surface area contributed by atoms with Gasteiger partial charge in [-0.25, -0.2) is 9.67 Å². The molecule has 0 spiro atoms. The average molecular weight is 308 g/mol. The topological polar surface area (TPSA) is 71.8 Å². The van der Waals surface area contributed by atoms with E-state index in [-0.39, 0.29) is 11.9 Å². The Morgan fingerprint density at radius 3 is 2.95 bits per heavy atom. The molecule has 112 valence electrons. The van der Waals surface area contributed by atoms with Crippen LogP contribution in [0.3, 0.4) is 0 Å². The number of benzene rings is 1. The van der Waals surface area contributed by atoms with Gasteiger partial charge in [-0.3, -0.25) is 4.79 Å². The fourth-order valence-electron chi connectivity index (χ4n) is 2.07. The summed E-state index contributed by atoms with van der Waals surface area (Å²) in [6, 6.07) is 5.43.